The molecule has 0 radical (unpaired) electrons. The molecular formula is C16H12F6N4O2. The highest BCUT2D eigenvalue weighted by molar-refractivity contribution is 5.94. The Balaban J connectivity index is 1.71. The van der Waals surface area contributed by atoms with Crippen LogP contribution in [0.3, 0.4) is 0 Å². The van der Waals surface area contributed by atoms with Crippen molar-refractivity contribution in [2.75, 3.05) is 0 Å². The lowest BCUT2D eigenvalue weighted by Crippen LogP contribution is -2.23. The predicted octanol–water partition coefficient (Wildman–Crippen LogP) is 3.37. The fourth-order valence-electron chi connectivity index (χ4n) is 2.58. The Hall–Kier alpha value is -3.18. The SMILES string of the molecule is O=C(NCc1cnn2ccn(CC(F)F)c12)c1ccc(OC(F)(F)F)c(F)c1. The Morgan fingerprint density at radius 1 is 1.25 bits per heavy atom. The third kappa shape index (κ3) is 4.38. The quantitative estimate of drug-likeness (QED) is 0.639. The number of fused-ring (bicyclic) bond motifs is 1. The number of aromatic nitrogens is 3. The maximum atomic E-state index is 13.7. The number of hydrogen-bond donors (Lipinski definition) is 1. The van der Waals surface area contributed by atoms with E-state index in [1.54, 1.807) is 0 Å². The van der Waals surface area contributed by atoms with Gasteiger partial charge < -0.3 is 14.6 Å². The molecule has 0 bridgehead atoms. The van der Waals surface area contributed by atoms with Gasteiger partial charge in [0.25, 0.3) is 12.3 Å². The summed E-state index contributed by atoms with van der Waals surface area (Å²) < 4.78 is 81.5. The molecule has 1 N–H and O–H groups in total. The summed E-state index contributed by atoms with van der Waals surface area (Å²) in [5.41, 5.74) is 0.538. The summed E-state index contributed by atoms with van der Waals surface area (Å²) in [5, 5.41) is 6.41. The zero-order valence-electron chi connectivity index (χ0n) is 13.9. The van der Waals surface area contributed by atoms with Crippen molar-refractivity contribution in [2.24, 2.45) is 0 Å². The van der Waals surface area contributed by atoms with Crippen molar-refractivity contribution in [2.45, 2.75) is 25.9 Å². The van der Waals surface area contributed by atoms with Gasteiger partial charge in [-0.2, -0.15) is 5.10 Å². The number of ether oxygens (including phenoxy) is 1. The molecule has 2 aromatic heterocycles. The Bertz CT molecular complexity index is 995. The lowest BCUT2D eigenvalue weighted by atomic mass is 10.2. The number of nitrogens with one attached hydrogen (secondary N) is 1. The molecular weight excluding hydrogens is 394 g/mol. The summed E-state index contributed by atoms with van der Waals surface area (Å²) in [6.07, 6.45) is -3.40. The van der Waals surface area contributed by atoms with Crippen molar-refractivity contribution < 1.29 is 35.9 Å². The van der Waals surface area contributed by atoms with E-state index in [2.05, 4.69) is 15.2 Å². The number of rotatable bonds is 6. The number of imidazole rings is 1. The predicted molar refractivity (Wildman–Crippen MR) is 83.4 cm³/mol. The van der Waals surface area contributed by atoms with Crippen molar-refractivity contribution in [3.8, 4) is 5.75 Å². The van der Waals surface area contributed by atoms with Crippen LogP contribution >= 0.6 is 0 Å². The largest absolute Gasteiger partial charge is 0.573 e. The smallest absolute Gasteiger partial charge is 0.403 e. The van der Waals surface area contributed by atoms with Crippen LogP contribution in [0.15, 0.2) is 36.8 Å². The van der Waals surface area contributed by atoms with Crippen LogP contribution in [0.4, 0.5) is 26.3 Å². The molecule has 0 aliphatic heterocycles. The first-order valence-electron chi connectivity index (χ1n) is 7.77. The third-order valence-electron chi connectivity index (χ3n) is 3.70. The molecule has 0 unspecified atom stereocenters. The minimum atomic E-state index is -5.06. The van der Waals surface area contributed by atoms with Gasteiger partial charge in [0.05, 0.1) is 12.7 Å². The molecule has 12 heteroatoms. The second kappa shape index (κ2) is 7.44. The maximum Gasteiger partial charge on any atom is 0.573 e. The first kappa shape index (κ1) is 19.6. The van der Waals surface area contributed by atoms with E-state index in [0.29, 0.717) is 23.3 Å². The monoisotopic (exact) mass is 406 g/mol. The normalized spacial score (nSPS) is 12.0. The Labute approximate surface area is 153 Å². The van der Waals surface area contributed by atoms with Crippen LogP contribution in [0, 0.1) is 5.82 Å². The molecule has 3 rings (SSSR count). The van der Waals surface area contributed by atoms with Crippen molar-refractivity contribution in [1.29, 1.82) is 0 Å². The fourth-order valence-corrected chi connectivity index (χ4v) is 2.58. The zero-order valence-corrected chi connectivity index (χ0v) is 13.9. The highest BCUT2D eigenvalue weighted by Crippen LogP contribution is 2.26. The van der Waals surface area contributed by atoms with Crippen molar-refractivity contribution in [3.05, 3.63) is 53.7 Å². The van der Waals surface area contributed by atoms with E-state index in [-0.39, 0.29) is 12.1 Å². The van der Waals surface area contributed by atoms with Crippen LogP contribution in [0.25, 0.3) is 5.65 Å². The molecule has 0 atom stereocenters. The number of amides is 1. The maximum absolute atomic E-state index is 13.7. The molecule has 6 nitrogen and oxygen atoms in total. The number of halogens is 6. The van der Waals surface area contributed by atoms with Crippen molar-refractivity contribution >= 4 is 11.6 Å². The number of nitrogens with zero attached hydrogens (tertiary/aromatic N) is 3. The fraction of sp³-hybridized carbons (Fsp3) is 0.250. The molecule has 1 aromatic carbocycles. The second-order valence-corrected chi connectivity index (χ2v) is 5.66. The number of carbonyl (C=O) groups is 1. The molecule has 0 spiro atoms. The van der Waals surface area contributed by atoms with E-state index in [1.807, 2.05) is 0 Å². The third-order valence-corrected chi connectivity index (χ3v) is 3.70. The first-order chi connectivity index (χ1) is 13.1. The molecule has 150 valence electrons. The molecule has 3 aromatic rings. The number of carbonyl (C=O) groups excluding carboxylic acids is 1. The van der Waals surface area contributed by atoms with E-state index in [4.69, 9.17) is 0 Å². The van der Waals surface area contributed by atoms with E-state index in [9.17, 15) is 31.1 Å². The number of benzene rings is 1. The van der Waals surface area contributed by atoms with Crippen LogP contribution in [-0.2, 0) is 13.1 Å². The van der Waals surface area contributed by atoms with Gasteiger partial charge in [-0.05, 0) is 18.2 Å². The van der Waals surface area contributed by atoms with Gasteiger partial charge in [0.2, 0.25) is 0 Å². The standard InChI is InChI=1S/C16H12F6N4O2/c17-11-5-9(1-2-12(11)28-16(20,21)22)14(27)23-6-10-7-24-26-4-3-25(15(10)26)8-13(18)19/h1-5,7,13H,6,8H2,(H,23,27). The lowest BCUT2D eigenvalue weighted by Gasteiger charge is -2.11. The van der Waals surface area contributed by atoms with Crippen molar-refractivity contribution in [3.63, 3.8) is 0 Å². The van der Waals surface area contributed by atoms with Crippen LogP contribution in [-0.4, -0.2) is 32.9 Å². The van der Waals surface area contributed by atoms with Gasteiger partial charge in [-0.1, -0.05) is 0 Å². The highest BCUT2D eigenvalue weighted by atomic mass is 19.4. The van der Waals surface area contributed by atoms with Gasteiger partial charge in [0.15, 0.2) is 11.6 Å². The molecule has 28 heavy (non-hydrogen) atoms. The molecule has 0 fully saturated rings. The minimum Gasteiger partial charge on any atom is -0.403 e. The number of hydrogen-bond acceptors (Lipinski definition) is 3. The molecule has 2 heterocycles. The Morgan fingerprint density at radius 3 is 2.64 bits per heavy atom. The Kier molecular flexibility index (Phi) is 5.21. The van der Waals surface area contributed by atoms with E-state index in [1.165, 1.54) is 27.7 Å². The van der Waals surface area contributed by atoms with Gasteiger partial charge >= 0.3 is 6.36 Å². The summed E-state index contributed by atoms with van der Waals surface area (Å²) in [4.78, 5) is 12.1. The summed E-state index contributed by atoms with van der Waals surface area (Å²) in [5.74, 6) is -3.19. The minimum absolute atomic E-state index is 0.113. The summed E-state index contributed by atoms with van der Waals surface area (Å²) in [7, 11) is 0. The van der Waals surface area contributed by atoms with Crippen molar-refractivity contribution in [1.82, 2.24) is 19.5 Å². The molecule has 1 amide bonds. The molecule has 0 saturated carbocycles. The van der Waals surface area contributed by atoms with E-state index in [0.717, 1.165) is 6.07 Å². The average molecular weight is 406 g/mol. The summed E-state index contributed by atoms with van der Waals surface area (Å²) in [6.45, 7) is -0.674. The summed E-state index contributed by atoms with van der Waals surface area (Å²) >= 11 is 0. The van der Waals surface area contributed by atoms with E-state index < -0.39 is 36.8 Å². The van der Waals surface area contributed by atoms with Gasteiger partial charge in [-0.25, -0.2) is 17.7 Å². The average Bonchev–Trinajstić information content (AvgIpc) is 3.16. The second-order valence-electron chi connectivity index (χ2n) is 5.66. The summed E-state index contributed by atoms with van der Waals surface area (Å²) in [6, 6.07) is 2.25. The molecule has 0 aliphatic carbocycles. The lowest BCUT2D eigenvalue weighted by molar-refractivity contribution is -0.275. The zero-order chi connectivity index (χ0) is 20.5. The van der Waals surface area contributed by atoms with Gasteiger partial charge in [-0.3, -0.25) is 4.79 Å². The van der Waals surface area contributed by atoms with E-state index >= 15 is 0 Å². The van der Waals surface area contributed by atoms with Crippen LogP contribution in [0.5, 0.6) is 5.75 Å². The molecule has 0 aliphatic rings. The van der Waals surface area contributed by atoms with Gasteiger partial charge in [0, 0.05) is 30.1 Å². The van der Waals surface area contributed by atoms with Crippen LogP contribution in [0.2, 0.25) is 0 Å². The van der Waals surface area contributed by atoms with Gasteiger partial charge in [0.1, 0.15) is 5.65 Å². The van der Waals surface area contributed by atoms with Gasteiger partial charge in [-0.15, -0.1) is 13.2 Å². The van der Waals surface area contributed by atoms with Crippen LogP contribution in [0.1, 0.15) is 15.9 Å². The topological polar surface area (TPSA) is 60.6 Å². The Morgan fingerprint density at radius 2 is 2.00 bits per heavy atom. The molecule has 0 saturated heterocycles. The van der Waals surface area contributed by atoms with Crippen LogP contribution < -0.4 is 10.1 Å². The highest BCUT2D eigenvalue weighted by Gasteiger charge is 2.32. The number of alkyl halides is 5. The first-order valence-corrected chi connectivity index (χ1v) is 7.77.